The first kappa shape index (κ1) is 5.00. The molecule has 3 unspecified atom stereocenters. The normalized spacial score (nSPS) is 47.0. The van der Waals surface area contributed by atoms with Gasteiger partial charge in [0.15, 0.2) is 6.10 Å². The number of hydrogen-bond acceptors (Lipinski definition) is 1. The quantitative estimate of drug-likeness (QED) is 0.394. The van der Waals surface area contributed by atoms with Gasteiger partial charge >= 0.3 is 0 Å². The second-order valence-electron chi connectivity index (χ2n) is 3.48. The maximum Gasteiger partial charge on any atom is 0.159 e. The van der Waals surface area contributed by atoms with Crippen molar-refractivity contribution in [2.45, 2.75) is 18.9 Å². The van der Waals surface area contributed by atoms with Crippen molar-refractivity contribution < 1.29 is 4.74 Å². The summed E-state index contributed by atoms with van der Waals surface area (Å²) in [4.78, 5) is 0. The maximum atomic E-state index is 5.40. The molecule has 1 heteroatoms. The summed E-state index contributed by atoms with van der Waals surface area (Å²) in [5.74, 6) is 2.84. The fourth-order valence-corrected chi connectivity index (χ4v) is 2.42. The Hall–Kier alpha value is -0.720. The van der Waals surface area contributed by atoms with E-state index in [0.29, 0.717) is 6.10 Å². The predicted octanol–water partition coefficient (Wildman–Crippen LogP) is 1.87. The van der Waals surface area contributed by atoms with Crippen molar-refractivity contribution in [3.63, 3.8) is 0 Å². The van der Waals surface area contributed by atoms with E-state index in [0.717, 1.165) is 11.8 Å². The lowest BCUT2D eigenvalue weighted by atomic mass is 9.92. The molecule has 3 atom stereocenters. The molecule has 0 spiro atoms. The van der Waals surface area contributed by atoms with Crippen LogP contribution in [0.15, 0.2) is 24.0 Å². The smallest absolute Gasteiger partial charge is 0.159 e. The van der Waals surface area contributed by atoms with E-state index in [2.05, 4.69) is 12.7 Å². The van der Waals surface area contributed by atoms with Crippen molar-refractivity contribution in [1.29, 1.82) is 0 Å². The Kier molecular flexibility index (Phi) is 0.657. The van der Waals surface area contributed by atoms with E-state index in [4.69, 9.17) is 4.74 Å². The van der Waals surface area contributed by atoms with Gasteiger partial charge in [-0.15, -0.1) is 6.58 Å². The number of fused-ring (bicyclic) bond motifs is 4. The van der Waals surface area contributed by atoms with Gasteiger partial charge in [-0.1, -0.05) is 6.08 Å². The van der Waals surface area contributed by atoms with E-state index in [1.54, 1.807) is 5.57 Å². The molecule has 1 saturated heterocycles. The van der Waals surface area contributed by atoms with E-state index in [9.17, 15) is 0 Å². The van der Waals surface area contributed by atoms with Crippen molar-refractivity contribution in [2.24, 2.45) is 11.8 Å². The van der Waals surface area contributed by atoms with Crippen LogP contribution in [0.2, 0.25) is 0 Å². The highest BCUT2D eigenvalue weighted by molar-refractivity contribution is 5.37. The van der Waals surface area contributed by atoms with Gasteiger partial charge in [0.2, 0.25) is 0 Å². The molecule has 1 aliphatic heterocycles. The molecule has 10 heavy (non-hydrogen) atoms. The van der Waals surface area contributed by atoms with Crippen LogP contribution in [-0.2, 0) is 4.74 Å². The molecule has 52 valence electrons. The van der Waals surface area contributed by atoms with Gasteiger partial charge in [0.1, 0.15) is 5.76 Å². The molecule has 0 aromatic heterocycles. The minimum Gasteiger partial charge on any atom is -0.483 e. The summed E-state index contributed by atoms with van der Waals surface area (Å²) >= 11 is 0. The molecule has 2 fully saturated rings. The SMILES string of the molecule is C=CC1CC2=C3OC3C1C2. The zero-order valence-electron chi connectivity index (χ0n) is 5.84. The molecule has 3 rings (SSSR count). The highest BCUT2D eigenvalue weighted by Crippen LogP contribution is 2.57. The van der Waals surface area contributed by atoms with Crippen molar-refractivity contribution in [3.05, 3.63) is 24.0 Å². The number of epoxide rings is 1. The van der Waals surface area contributed by atoms with Crippen LogP contribution in [-0.4, -0.2) is 6.10 Å². The van der Waals surface area contributed by atoms with Crippen molar-refractivity contribution >= 4 is 0 Å². The molecule has 1 saturated carbocycles. The Morgan fingerprint density at radius 1 is 1.50 bits per heavy atom. The third-order valence-electron chi connectivity index (χ3n) is 3.01. The molecule has 3 aliphatic rings. The molecule has 0 amide bonds. The molecule has 1 nitrogen and oxygen atoms in total. The molecule has 1 heterocycles. The highest BCUT2D eigenvalue weighted by atomic mass is 16.6. The Bertz CT molecular complexity index is 239. The Balaban J connectivity index is 2.03. The first-order valence-electron chi connectivity index (χ1n) is 3.91. The molecule has 0 N–H and O–H groups in total. The lowest BCUT2D eigenvalue weighted by Crippen LogP contribution is -2.10. The molecular formula is C9H10O. The number of rotatable bonds is 1. The summed E-state index contributed by atoms with van der Waals surface area (Å²) in [5, 5.41) is 0. The van der Waals surface area contributed by atoms with E-state index in [1.165, 1.54) is 18.6 Å². The Labute approximate surface area is 60.4 Å². The van der Waals surface area contributed by atoms with Gasteiger partial charge in [0, 0.05) is 5.92 Å². The monoisotopic (exact) mass is 134 g/mol. The fraction of sp³-hybridized carbons (Fsp3) is 0.556. The van der Waals surface area contributed by atoms with Crippen LogP contribution in [0.25, 0.3) is 0 Å². The van der Waals surface area contributed by atoms with Gasteiger partial charge in [-0.2, -0.15) is 0 Å². The van der Waals surface area contributed by atoms with E-state index in [1.807, 2.05) is 0 Å². The fourth-order valence-electron chi connectivity index (χ4n) is 2.42. The zero-order chi connectivity index (χ0) is 6.72. The summed E-state index contributed by atoms with van der Waals surface area (Å²) in [6.07, 6.45) is 5.17. The summed E-state index contributed by atoms with van der Waals surface area (Å²) in [6.45, 7) is 3.84. The van der Waals surface area contributed by atoms with Gasteiger partial charge in [-0.25, -0.2) is 0 Å². The number of ether oxygens (including phenoxy) is 1. The molecule has 2 bridgehead atoms. The largest absolute Gasteiger partial charge is 0.483 e. The Morgan fingerprint density at radius 3 is 3.00 bits per heavy atom. The van der Waals surface area contributed by atoms with Gasteiger partial charge in [-0.3, -0.25) is 0 Å². The standard InChI is InChI=1S/C9H10O/c1-2-5-3-6-4-7(5)9-8(6)10-9/h2,5,7,9H,1,3-4H2. The van der Waals surface area contributed by atoms with Crippen molar-refractivity contribution in [1.82, 2.24) is 0 Å². The summed E-state index contributed by atoms with van der Waals surface area (Å²) < 4.78 is 5.40. The molecule has 0 aromatic rings. The molecular weight excluding hydrogens is 124 g/mol. The first-order chi connectivity index (χ1) is 4.90. The van der Waals surface area contributed by atoms with E-state index in [-0.39, 0.29) is 0 Å². The van der Waals surface area contributed by atoms with E-state index >= 15 is 0 Å². The lowest BCUT2D eigenvalue weighted by Gasteiger charge is -2.10. The second kappa shape index (κ2) is 1.31. The van der Waals surface area contributed by atoms with Crippen molar-refractivity contribution in [2.75, 3.05) is 0 Å². The van der Waals surface area contributed by atoms with E-state index < -0.39 is 0 Å². The summed E-state index contributed by atoms with van der Waals surface area (Å²) in [5.41, 5.74) is 1.58. The predicted molar refractivity (Wildman–Crippen MR) is 38.3 cm³/mol. The zero-order valence-corrected chi connectivity index (χ0v) is 5.84. The molecule has 0 aromatic carbocycles. The van der Waals surface area contributed by atoms with Crippen LogP contribution < -0.4 is 0 Å². The van der Waals surface area contributed by atoms with Gasteiger partial charge in [0.25, 0.3) is 0 Å². The average Bonchev–Trinajstić information content (AvgIpc) is 2.58. The minimum absolute atomic E-state index is 0.534. The van der Waals surface area contributed by atoms with Gasteiger partial charge in [-0.05, 0) is 24.3 Å². The lowest BCUT2D eigenvalue weighted by molar-refractivity contribution is 0.306. The van der Waals surface area contributed by atoms with Crippen LogP contribution in [0.3, 0.4) is 0 Å². The van der Waals surface area contributed by atoms with Crippen LogP contribution in [0.4, 0.5) is 0 Å². The average molecular weight is 134 g/mol. The molecule has 0 radical (unpaired) electrons. The second-order valence-corrected chi connectivity index (χ2v) is 3.48. The highest BCUT2D eigenvalue weighted by Gasteiger charge is 2.55. The van der Waals surface area contributed by atoms with Gasteiger partial charge in [0.05, 0.1) is 0 Å². The number of allylic oxidation sites excluding steroid dienone is 2. The maximum absolute atomic E-state index is 5.40. The third kappa shape index (κ3) is 0.386. The minimum atomic E-state index is 0.534. The van der Waals surface area contributed by atoms with Crippen LogP contribution >= 0.6 is 0 Å². The van der Waals surface area contributed by atoms with Gasteiger partial charge < -0.3 is 4.74 Å². The summed E-state index contributed by atoms with van der Waals surface area (Å²) in [6, 6.07) is 0. The van der Waals surface area contributed by atoms with Crippen LogP contribution in [0.1, 0.15) is 12.8 Å². The molecule has 2 aliphatic carbocycles. The van der Waals surface area contributed by atoms with Crippen LogP contribution in [0.5, 0.6) is 0 Å². The van der Waals surface area contributed by atoms with Crippen LogP contribution in [0, 0.1) is 11.8 Å². The summed E-state index contributed by atoms with van der Waals surface area (Å²) in [7, 11) is 0. The first-order valence-corrected chi connectivity index (χ1v) is 3.91. The topological polar surface area (TPSA) is 12.5 Å². The van der Waals surface area contributed by atoms with Crippen molar-refractivity contribution in [3.8, 4) is 0 Å². The third-order valence-corrected chi connectivity index (χ3v) is 3.01. The number of hydrogen-bond donors (Lipinski definition) is 0. The Morgan fingerprint density at radius 2 is 2.40 bits per heavy atom.